The summed E-state index contributed by atoms with van der Waals surface area (Å²) in [6.07, 6.45) is 12.1. The molecule has 1 aliphatic rings. The molecule has 0 N–H and O–H groups in total. The van der Waals surface area contributed by atoms with Crippen LogP contribution in [0.25, 0.3) is 27.4 Å². The van der Waals surface area contributed by atoms with E-state index in [4.69, 9.17) is 0 Å². The molecular weight excluding hydrogens is 530 g/mol. The van der Waals surface area contributed by atoms with Gasteiger partial charge in [-0.3, -0.25) is 10.8 Å². The molecule has 0 fully saturated rings. The maximum Gasteiger partial charge on any atom is 4.00 e. The Hall–Kier alpha value is -1.55. The van der Waals surface area contributed by atoms with E-state index in [1.54, 1.807) is 0 Å². The molecule has 5 heteroatoms. The first-order valence-electron chi connectivity index (χ1n) is 7.72. The number of fused-ring (bicyclic) bond motifs is 2. The third kappa shape index (κ3) is 5.00. The summed E-state index contributed by atoms with van der Waals surface area (Å²) in [7, 11) is 0. The Morgan fingerprint density at radius 1 is 0.962 bits per heavy atom. The van der Waals surface area contributed by atoms with Gasteiger partial charge in [-0.25, -0.2) is 12.2 Å². The number of halogens is 2. The fourth-order valence-electron chi connectivity index (χ4n) is 2.70. The molecule has 1 heterocycles. The number of hydrogen-bond acceptors (Lipinski definition) is 1. The number of nitrogens with zero attached hydrogens (tertiary/aromatic N) is 2. The van der Waals surface area contributed by atoms with E-state index >= 15 is 0 Å². The molecule has 0 bridgehead atoms. The van der Waals surface area contributed by atoms with Gasteiger partial charge in [0.1, 0.15) is 0 Å². The fourth-order valence-corrected chi connectivity index (χ4v) is 2.70. The van der Waals surface area contributed by atoms with Crippen LogP contribution in [0, 0.1) is 6.08 Å². The maximum absolute atomic E-state index is 4.59. The molecule has 0 atom stereocenters. The molecule has 0 radical (unpaired) electrons. The van der Waals surface area contributed by atoms with Crippen molar-refractivity contribution in [1.29, 1.82) is 0 Å². The van der Waals surface area contributed by atoms with Crippen LogP contribution in [0.2, 0.25) is 0 Å². The van der Waals surface area contributed by atoms with E-state index in [0.717, 1.165) is 17.6 Å². The third-order valence-corrected chi connectivity index (χ3v) is 3.87. The predicted octanol–water partition coefficient (Wildman–Crippen LogP) is -0.791. The second-order valence-electron chi connectivity index (χ2n) is 5.48. The van der Waals surface area contributed by atoms with Gasteiger partial charge in [-0.1, -0.05) is 24.3 Å². The summed E-state index contributed by atoms with van der Waals surface area (Å²) in [5.74, 6) is 0. The Kier molecular flexibility index (Phi) is 9.14. The summed E-state index contributed by atoms with van der Waals surface area (Å²) in [5.41, 5.74) is 2.15. The van der Waals surface area contributed by atoms with Gasteiger partial charge >= 0.3 is 25.8 Å². The van der Waals surface area contributed by atoms with Crippen molar-refractivity contribution in [2.75, 3.05) is 0 Å². The molecule has 0 saturated carbocycles. The molecule has 26 heavy (non-hydrogen) atoms. The molecule has 3 aromatic carbocycles. The van der Waals surface area contributed by atoms with Gasteiger partial charge in [0, 0.05) is 11.6 Å². The first-order chi connectivity index (χ1) is 11.4. The summed E-state index contributed by atoms with van der Waals surface area (Å²) in [5, 5.41) is 8.28. The van der Waals surface area contributed by atoms with Gasteiger partial charge in [-0.15, -0.1) is 47.5 Å². The topological polar surface area (TPSA) is 17.8 Å². The first kappa shape index (κ1) is 22.5. The van der Waals surface area contributed by atoms with Crippen molar-refractivity contribution in [2.45, 2.75) is 6.42 Å². The third-order valence-electron chi connectivity index (χ3n) is 3.87. The Morgan fingerprint density at radius 2 is 1.69 bits per heavy atom. The van der Waals surface area contributed by atoms with E-state index in [9.17, 15) is 0 Å². The predicted molar refractivity (Wildman–Crippen MR) is 95.7 cm³/mol. The Labute approximate surface area is 184 Å². The second kappa shape index (κ2) is 10.6. The second-order valence-corrected chi connectivity index (χ2v) is 5.48. The normalized spacial score (nSPS) is 11.2. The summed E-state index contributed by atoms with van der Waals surface area (Å²) in [4.78, 5) is 0. The standard InChI is InChI=1S/C16H11N2.C5H5.2ClH.Hf/c1-2-6-13-10-15(9-12(13)5-1)18-11-14-7-3-4-8-16(14)17-18;1-2-4-5-3-1;;;/h1-11H;1-3H,4H2;2*1H;/q2*-1;;;+4/p-2. The molecule has 1 aromatic heterocycles. The minimum Gasteiger partial charge on any atom is -1.00 e. The van der Waals surface area contributed by atoms with Crippen LogP contribution in [0.1, 0.15) is 6.42 Å². The average Bonchev–Trinajstić information content (AvgIpc) is 3.33. The number of allylic oxidation sites excluding steroid dienone is 4. The molecule has 0 amide bonds. The van der Waals surface area contributed by atoms with Crippen molar-refractivity contribution in [1.82, 2.24) is 9.78 Å². The van der Waals surface area contributed by atoms with Gasteiger partial charge in [0.25, 0.3) is 0 Å². The molecule has 0 saturated heterocycles. The Morgan fingerprint density at radius 3 is 2.31 bits per heavy atom. The van der Waals surface area contributed by atoms with Crippen molar-refractivity contribution >= 4 is 21.7 Å². The van der Waals surface area contributed by atoms with Gasteiger partial charge in [0.2, 0.25) is 0 Å². The zero-order valence-electron chi connectivity index (χ0n) is 13.9. The van der Waals surface area contributed by atoms with E-state index in [2.05, 4.69) is 65.9 Å². The van der Waals surface area contributed by atoms with Gasteiger partial charge in [0.15, 0.2) is 0 Å². The van der Waals surface area contributed by atoms with Gasteiger partial charge in [-0.05, 0) is 11.8 Å². The fraction of sp³-hybridized carbons (Fsp3) is 0.0476. The number of hydrogen-bond donors (Lipinski definition) is 0. The molecule has 4 aromatic rings. The van der Waals surface area contributed by atoms with Crippen LogP contribution in [0.15, 0.2) is 85.1 Å². The van der Waals surface area contributed by atoms with Crippen LogP contribution < -0.4 is 24.8 Å². The van der Waals surface area contributed by atoms with E-state index in [1.165, 1.54) is 16.2 Å². The smallest absolute Gasteiger partial charge is 1.00 e. The number of aromatic nitrogens is 2. The molecule has 128 valence electrons. The maximum atomic E-state index is 4.59. The van der Waals surface area contributed by atoms with Gasteiger partial charge in [0.05, 0.1) is 5.52 Å². The monoisotopic (exact) mass is 546 g/mol. The van der Waals surface area contributed by atoms with Crippen LogP contribution in [0.4, 0.5) is 0 Å². The van der Waals surface area contributed by atoms with Crippen molar-refractivity contribution in [2.24, 2.45) is 0 Å². The zero-order valence-corrected chi connectivity index (χ0v) is 19.0. The van der Waals surface area contributed by atoms with Gasteiger partial charge in [-0.2, -0.15) is 11.2 Å². The number of benzene rings is 2. The van der Waals surface area contributed by atoms with Crippen molar-refractivity contribution in [3.05, 3.63) is 91.2 Å². The number of rotatable bonds is 1. The van der Waals surface area contributed by atoms with E-state index in [0.29, 0.717) is 0 Å². The Bertz CT molecular complexity index is 867. The van der Waals surface area contributed by atoms with Crippen LogP contribution in [-0.4, -0.2) is 9.78 Å². The van der Waals surface area contributed by atoms with Crippen LogP contribution in [0.3, 0.4) is 0 Å². The summed E-state index contributed by atoms with van der Waals surface area (Å²) < 4.78 is 1.95. The summed E-state index contributed by atoms with van der Waals surface area (Å²) in [6.45, 7) is 0. The summed E-state index contributed by atoms with van der Waals surface area (Å²) >= 11 is 0. The summed E-state index contributed by atoms with van der Waals surface area (Å²) in [6, 6.07) is 20.9. The van der Waals surface area contributed by atoms with Crippen LogP contribution in [0.5, 0.6) is 0 Å². The molecule has 0 aliphatic heterocycles. The molecular formula is C21H16Cl2HfN2. The quantitative estimate of drug-likeness (QED) is 0.227. The molecule has 2 nitrogen and oxygen atoms in total. The van der Waals surface area contributed by atoms with Crippen molar-refractivity contribution in [3.8, 4) is 5.69 Å². The van der Waals surface area contributed by atoms with Crippen LogP contribution in [-0.2, 0) is 25.8 Å². The average molecular weight is 546 g/mol. The SMILES string of the molecule is [C-]1=CC=CC1.[Cl-].[Cl-].[Hf+4].c1ccc2[cH-]c(-n3cc4ccccc4n3)cc2c1. The zero-order chi connectivity index (χ0) is 15.5. The molecule has 0 spiro atoms. The van der Waals surface area contributed by atoms with Crippen molar-refractivity contribution < 1.29 is 50.7 Å². The molecule has 5 rings (SSSR count). The van der Waals surface area contributed by atoms with Crippen LogP contribution >= 0.6 is 0 Å². The Balaban J connectivity index is 0.000000372. The minimum absolute atomic E-state index is 0. The molecule has 1 aliphatic carbocycles. The van der Waals surface area contributed by atoms with E-state index < -0.39 is 0 Å². The molecule has 0 unspecified atom stereocenters. The first-order valence-corrected chi connectivity index (χ1v) is 7.72. The largest absolute Gasteiger partial charge is 4.00 e. The van der Waals surface area contributed by atoms with Gasteiger partial charge < -0.3 is 24.8 Å². The van der Waals surface area contributed by atoms with E-state index in [-0.39, 0.29) is 50.7 Å². The minimum atomic E-state index is 0. The van der Waals surface area contributed by atoms with E-state index in [1.807, 2.05) is 35.0 Å². The van der Waals surface area contributed by atoms with Crippen molar-refractivity contribution in [3.63, 3.8) is 0 Å².